The molecule has 0 saturated carbocycles. The Kier molecular flexibility index (Phi) is 4.05. The standard InChI is InChI=1S/C15H13ClINO2/c16-12-8-14-13(19-4-5-20-14)7-11(12)15(18)9-2-1-3-10(17)6-9/h1-3,6-8,15H,4-5,18H2. The molecule has 20 heavy (non-hydrogen) atoms. The summed E-state index contributed by atoms with van der Waals surface area (Å²) in [6.07, 6.45) is 0. The Labute approximate surface area is 136 Å². The molecule has 1 aliphatic heterocycles. The van der Waals surface area contributed by atoms with E-state index in [-0.39, 0.29) is 6.04 Å². The van der Waals surface area contributed by atoms with Crippen molar-refractivity contribution >= 4 is 34.2 Å². The number of halogens is 2. The molecule has 0 aliphatic carbocycles. The summed E-state index contributed by atoms with van der Waals surface area (Å²) in [5.74, 6) is 1.39. The number of hydrogen-bond acceptors (Lipinski definition) is 3. The van der Waals surface area contributed by atoms with E-state index in [9.17, 15) is 0 Å². The average molecular weight is 402 g/mol. The van der Waals surface area contributed by atoms with Gasteiger partial charge in [-0.1, -0.05) is 23.7 Å². The van der Waals surface area contributed by atoms with E-state index in [4.69, 9.17) is 26.8 Å². The van der Waals surface area contributed by atoms with Gasteiger partial charge < -0.3 is 15.2 Å². The van der Waals surface area contributed by atoms with Crippen LogP contribution in [-0.2, 0) is 0 Å². The Morgan fingerprint density at radius 3 is 2.50 bits per heavy atom. The maximum Gasteiger partial charge on any atom is 0.162 e. The van der Waals surface area contributed by atoms with E-state index in [1.54, 1.807) is 6.07 Å². The molecule has 1 heterocycles. The monoisotopic (exact) mass is 401 g/mol. The fourth-order valence-electron chi connectivity index (χ4n) is 2.20. The summed E-state index contributed by atoms with van der Waals surface area (Å²) in [6, 6.07) is 11.4. The van der Waals surface area contributed by atoms with Gasteiger partial charge in [0.2, 0.25) is 0 Å². The highest BCUT2D eigenvalue weighted by atomic mass is 127. The fraction of sp³-hybridized carbons (Fsp3) is 0.200. The van der Waals surface area contributed by atoms with Gasteiger partial charge in [0.15, 0.2) is 11.5 Å². The molecule has 0 radical (unpaired) electrons. The van der Waals surface area contributed by atoms with E-state index >= 15 is 0 Å². The molecule has 5 heteroatoms. The van der Waals surface area contributed by atoms with Crippen molar-refractivity contribution in [2.45, 2.75) is 6.04 Å². The van der Waals surface area contributed by atoms with E-state index < -0.39 is 0 Å². The first-order valence-corrected chi connectivity index (χ1v) is 7.71. The molecule has 1 unspecified atom stereocenters. The van der Waals surface area contributed by atoms with E-state index in [1.165, 1.54) is 0 Å². The zero-order chi connectivity index (χ0) is 14.1. The summed E-state index contributed by atoms with van der Waals surface area (Å²) >= 11 is 8.60. The molecule has 1 atom stereocenters. The second-order valence-corrected chi connectivity index (χ2v) is 6.20. The van der Waals surface area contributed by atoms with Crippen LogP contribution in [0.15, 0.2) is 36.4 Å². The molecule has 1 aliphatic rings. The first kappa shape index (κ1) is 14.0. The number of rotatable bonds is 2. The van der Waals surface area contributed by atoms with Gasteiger partial charge >= 0.3 is 0 Å². The number of hydrogen-bond donors (Lipinski definition) is 1. The first-order valence-electron chi connectivity index (χ1n) is 6.25. The van der Waals surface area contributed by atoms with Gasteiger partial charge in [0, 0.05) is 14.7 Å². The predicted octanol–water partition coefficient (Wildman–Crippen LogP) is 3.76. The van der Waals surface area contributed by atoms with Crippen LogP contribution in [0.3, 0.4) is 0 Å². The lowest BCUT2D eigenvalue weighted by atomic mass is 9.99. The van der Waals surface area contributed by atoms with Gasteiger partial charge in [0.05, 0.1) is 6.04 Å². The summed E-state index contributed by atoms with van der Waals surface area (Å²) < 4.78 is 12.2. The molecular formula is C15H13ClINO2. The number of ether oxygens (including phenoxy) is 2. The third-order valence-corrected chi connectivity index (χ3v) is 4.20. The molecule has 3 nitrogen and oxygen atoms in total. The van der Waals surface area contributed by atoms with Crippen molar-refractivity contribution in [3.8, 4) is 11.5 Å². The highest BCUT2D eigenvalue weighted by Crippen LogP contribution is 2.38. The topological polar surface area (TPSA) is 44.5 Å². The minimum atomic E-state index is -0.284. The van der Waals surface area contributed by atoms with Gasteiger partial charge in [0.25, 0.3) is 0 Å². The van der Waals surface area contributed by atoms with Crippen LogP contribution >= 0.6 is 34.2 Å². The lowest BCUT2D eigenvalue weighted by Gasteiger charge is -2.22. The van der Waals surface area contributed by atoms with E-state index in [2.05, 4.69) is 28.7 Å². The normalized spacial score (nSPS) is 14.9. The second-order valence-electron chi connectivity index (χ2n) is 4.55. The largest absolute Gasteiger partial charge is 0.486 e. The summed E-state index contributed by atoms with van der Waals surface area (Å²) in [5.41, 5.74) is 8.20. The highest BCUT2D eigenvalue weighted by Gasteiger charge is 2.19. The van der Waals surface area contributed by atoms with Crippen molar-refractivity contribution in [1.82, 2.24) is 0 Å². The van der Waals surface area contributed by atoms with Crippen LogP contribution in [0.25, 0.3) is 0 Å². The Hall–Kier alpha value is -0.980. The number of fused-ring (bicyclic) bond motifs is 1. The lowest BCUT2D eigenvalue weighted by molar-refractivity contribution is 0.171. The average Bonchev–Trinajstić information content (AvgIpc) is 2.46. The van der Waals surface area contributed by atoms with Gasteiger partial charge in [-0.25, -0.2) is 0 Å². The molecular weight excluding hydrogens is 389 g/mol. The molecule has 0 aromatic heterocycles. The summed E-state index contributed by atoms with van der Waals surface area (Å²) in [5, 5.41) is 0.598. The summed E-state index contributed by atoms with van der Waals surface area (Å²) in [4.78, 5) is 0. The molecule has 0 bridgehead atoms. The van der Waals surface area contributed by atoms with Gasteiger partial charge in [-0.3, -0.25) is 0 Å². The van der Waals surface area contributed by atoms with E-state index in [1.807, 2.05) is 24.3 Å². The molecule has 104 valence electrons. The van der Waals surface area contributed by atoms with E-state index in [0.29, 0.717) is 29.7 Å². The van der Waals surface area contributed by atoms with Crippen molar-refractivity contribution < 1.29 is 9.47 Å². The van der Waals surface area contributed by atoms with Gasteiger partial charge in [-0.2, -0.15) is 0 Å². The maximum absolute atomic E-state index is 6.34. The maximum atomic E-state index is 6.34. The third kappa shape index (κ3) is 2.73. The van der Waals surface area contributed by atoms with Crippen LogP contribution in [0.5, 0.6) is 11.5 Å². The van der Waals surface area contributed by atoms with Crippen LogP contribution < -0.4 is 15.2 Å². The van der Waals surface area contributed by atoms with E-state index in [0.717, 1.165) is 14.7 Å². The molecule has 2 aromatic rings. The van der Waals surface area contributed by atoms with Crippen LogP contribution in [0.4, 0.5) is 0 Å². The zero-order valence-corrected chi connectivity index (χ0v) is 13.5. The molecule has 0 amide bonds. The summed E-state index contributed by atoms with van der Waals surface area (Å²) in [7, 11) is 0. The Balaban J connectivity index is 2.01. The first-order chi connectivity index (χ1) is 9.65. The SMILES string of the molecule is NC(c1cccc(I)c1)c1cc2c(cc1Cl)OCCO2. The quantitative estimate of drug-likeness (QED) is 0.779. The second kappa shape index (κ2) is 5.79. The predicted molar refractivity (Wildman–Crippen MR) is 87.6 cm³/mol. The minimum Gasteiger partial charge on any atom is -0.486 e. The Bertz CT molecular complexity index is 648. The smallest absolute Gasteiger partial charge is 0.162 e. The zero-order valence-electron chi connectivity index (χ0n) is 10.6. The highest BCUT2D eigenvalue weighted by molar-refractivity contribution is 14.1. The molecule has 2 N–H and O–H groups in total. The number of benzene rings is 2. The molecule has 0 saturated heterocycles. The van der Waals surface area contributed by atoms with Crippen LogP contribution in [0.2, 0.25) is 5.02 Å². The summed E-state index contributed by atoms with van der Waals surface area (Å²) in [6.45, 7) is 1.10. The third-order valence-electron chi connectivity index (χ3n) is 3.20. The van der Waals surface area contributed by atoms with Crippen molar-refractivity contribution in [2.24, 2.45) is 5.73 Å². The molecule has 0 spiro atoms. The van der Waals surface area contributed by atoms with Crippen LogP contribution in [0, 0.1) is 3.57 Å². The van der Waals surface area contributed by atoms with Crippen LogP contribution in [-0.4, -0.2) is 13.2 Å². The Morgan fingerprint density at radius 2 is 1.80 bits per heavy atom. The molecule has 3 rings (SSSR count). The van der Waals surface area contributed by atoms with Crippen LogP contribution in [0.1, 0.15) is 17.2 Å². The molecule has 0 fully saturated rings. The van der Waals surface area contributed by atoms with Gasteiger partial charge in [-0.15, -0.1) is 0 Å². The molecule has 2 aromatic carbocycles. The van der Waals surface area contributed by atoms with Gasteiger partial charge in [0.1, 0.15) is 13.2 Å². The lowest BCUT2D eigenvalue weighted by Crippen LogP contribution is -2.17. The number of nitrogens with two attached hydrogens (primary N) is 1. The van der Waals surface area contributed by atoms with Crippen molar-refractivity contribution in [2.75, 3.05) is 13.2 Å². The Morgan fingerprint density at radius 1 is 1.10 bits per heavy atom. The van der Waals surface area contributed by atoms with Crippen molar-refractivity contribution in [1.29, 1.82) is 0 Å². The van der Waals surface area contributed by atoms with Gasteiger partial charge in [-0.05, 0) is 51.9 Å². The minimum absolute atomic E-state index is 0.284. The van der Waals surface area contributed by atoms with Crippen molar-refractivity contribution in [3.05, 3.63) is 56.1 Å². The fourth-order valence-corrected chi connectivity index (χ4v) is 3.04. The van der Waals surface area contributed by atoms with Crippen molar-refractivity contribution in [3.63, 3.8) is 0 Å².